The molecule has 0 heterocycles. The molecular weight excluding hydrogens is 235 g/mol. The lowest BCUT2D eigenvalue weighted by Crippen LogP contribution is -2.15. The Morgan fingerprint density at radius 2 is 1.87 bits per heavy atom. The molecule has 1 unspecified atom stereocenters. The van der Waals surface area contributed by atoms with E-state index in [0.29, 0.717) is 22.9 Å². The third-order valence-electron chi connectivity index (χ3n) is 2.25. The van der Waals surface area contributed by atoms with Crippen molar-refractivity contribution in [1.29, 1.82) is 0 Å². The largest absolute Gasteiger partial charge is 0.481 e. The van der Waals surface area contributed by atoms with Gasteiger partial charge < -0.3 is 5.11 Å². The van der Waals surface area contributed by atoms with Crippen molar-refractivity contribution in [2.24, 2.45) is 5.92 Å². The Bertz CT molecular complexity index is 343. The molecule has 15 heavy (non-hydrogen) atoms. The lowest BCUT2D eigenvalue weighted by atomic mass is 9.97. The van der Waals surface area contributed by atoms with Gasteiger partial charge in [-0.2, -0.15) is 0 Å². The van der Waals surface area contributed by atoms with E-state index in [4.69, 9.17) is 28.3 Å². The molecule has 1 rings (SSSR count). The SMILES string of the molecule is CCC(Cc1cc(Cl)cc(Cl)c1)C(=O)O. The molecule has 1 aromatic rings. The van der Waals surface area contributed by atoms with Crippen molar-refractivity contribution < 1.29 is 9.90 Å². The highest BCUT2D eigenvalue weighted by Crippen LogP contribution is 2.22. The van der Waals surface area contributed by atoms with Crippen LogP contribution in [-0.2, 0) is 11.2 Å². The number of carboxylic acids is 1. The van der Waals surface area contributed by atoms with Crippen LogP contribution in [0.25, 0.3) is 0 Å². The lowest BCUT2D eigenvalue weighted by Gasteiger charge is -2.10. The maximum Gasteiger partial charge on any atom is 0.306 e. The van der Waals surface area contributed by atoms with Gasteiger partial charge in [-0.15, -0.1) is 0 Å². The number of rotatable bonds is 4. The summed E-state index contributed by atoms with van der Waals surface area (Å²) in [5.41, 5.74) is 0.863. The van der Waals surface area contributed by atoms with Gasteiger partial charge in [0.1, 0.15) is 0 Å². The van der Waals surface area contributed by atoms with E-state index in [1.165, 1.54) is 0 Å². The van der Waals surface area contributed by atoms with Gasteiger partial charge >= 0.3 is 5.97 Å². The maximum atomic E-state index is 10.8. The van der Waals surface area contributed by atoms with Crippen molar-refractivity contribution in [3.63, 3.8) is 0 Å². The Morgan fingerprint density at radius 1 is 1.33 bits per heavy atom. The summed E-state index contributed by atoms with van der Waals surface area (Å²) in [4.78, 5) is 10.8. The normalized spacial score (nSPS) is 12.5. The van der Waals surface area contributed by atoms with E-state index < -0.39 is 5.97 Å². The van der Waals surface area contributed by atoms with Crippen molar-refractivity contribution in [2.75, 3.05) is 0 Å². The fraction of sp³-hybridized carbons (Fsp3) is 0.364. The van der Waals surface area contributed by atoms with Gasteiger partial charge in [0.05, 0.1) is 5.92 Å². The van der Waals surface area contributed by atoms with Crippen LogP contribution in [0.1, 0.15) is 18.9 Å². The van der Waals surface area contributed by atoms with Crippen LogP contribution in [0.3, 0.4) is 0 Å². The minimum Gasteiger partial charge on any atom is -0.481 e. The van der Waals surface area contributed by atoms with Crippen molar-refractivity contribution in [2.45, 2.75) is 19.8 Å². The van der Waals surface area contributed by atoms with E-state index in [9.17, 15) is 4.79 Å². The van der Waals surface area contributed by atoms with E-state index in [0.717, 1.165) is 5.56 Å². The molecule has 0 aliphatic carbocycles. The molecule has 0 radical (unpaired) electrons. The van der Waals surface area contributed by atoms with Gasteiger partial charge in [0, 0.05) is 10.0 Å². The zero-order valence-corrected chi connectivity index (χ0v) is 9.85. The lowest BCUT2D eigenvalue weighted by molar-refractivity contribution is -0.141. The molecule has 4 heteroatoms. The van der Waals surface area contributed by atoms with Crippen LogP contribution in [0.4, 0.5) is 0 Å². The summed E-state index contributed by atoms with van der Waals surface area (Å²) in [5.74, 6) is -1.16. The van der Waals surface area contributed by atoms with Crippen LogP contribution in [0.5, 0.6) is 0 Å². The first-order valence-electron chi connectivity index (χ1n) is 4.70. The molecule has 0 bridgehead atoms. The van der Waals surface area contributed by atoms with E-state index in [-0.39, 0.29) is 5.92 Å². The topological polar surface area (TPSA) is 37.3 Å². The van der Waals surface area contributed by atoms with E-state index in [2.05, 4.69) is 0 Å². The molecule has 0 aromatic heterocycles. The van der Waals surface area contributed by atoms with Gasteiger partial charge in [-0.1, -0.05) is 30.1 Å². The summed E-state index contributed by atoms with van der Waals surface area (Å²) >= 11 is 11.6. The summed E-state index contributed by atoms with van der Waals surface area (Å²) in [5, 5.41) is 9.99. The highest BCUT2D eigenvalue weighted by Gasteiger charge is 2.15. The van der Waals surface area contributed by atoms with Crippen molar-refractivity contribution in [3.05, 3.63) is 33.8 Å². The minimum absolute atomic E-state index is 0.375. The van der Waals surface area contributed by atoms with Crippen LogP contribution in [0, 0.1) is 5.92 Å². The highest BCUT2D eigenvalue weighted by atomic mass is 35.5. The van der Waals surface area contributed by atoms with Crippen LogP contribution in [-0.4, -0.2) is 11.1 Å². The standard InChI is InChI=1S/C11H12Cl2O2/c1-2-8(11(14)15)3-7-4-9(12)6-10(13)5-7/h4-6,8H,2-3H2,1H3,(H,14,15). The van der Waals surface area contributed by atoms with Crippen LogP contribution >= 0.6 is 23.2 Å². The van der Waals surface area contributed by atoms with Crippen LogP contribution in [0.15, 0.2) is 18.2 Å². The smallest absolute Gasteiger partial charge is 0.306 e. The third-order valence-corrected chi connectivity index (χ3v) is 2.68. The average molecular weight is 247 g/mol. The molecule has 0 aliphatic heterocycles. The maximum absolute atomic E-state index is 10.8. The Labute approximate surface area is 98.8 Å². The predicted octanol–water partition coefficient (Wildman–Crippen LogP) is 3.65. The molecule has 0 saturated carbocycles. The van der Waals surface area contributed by atoms with E-state index in [1.54, 1.807) is 18.2 Å². The van der Waals surface area contributed by atoms with Gasteiger partial charge in [0.2, 0.25) is 0 Å². The van der Waals surface area contributed by atoms with Gasteiger partial charge in [-0.05, 0) is 36.6 Å². The molecule has 1 atom stereocenters. The summed E-state index contributed by atoms with van der Waals surface area (Å²) in [6.07, 6.45) is 1.06. The van der Waals surface area contributed by atoms with Crippen molar-refractivity contribution in [1.82, 2.24) is 0 Å². The van der Waals surface area contributed by atoms with Crippen molar-refractivity contribution in [3.8, 4) is 0 Å². The molecule has 0 spiro atoms. The Morgan fingerprint density at radius 3 is 2.27 bits per heavy atom. The fourth-order valence-electron chi connectivity index (χ4n) is 1.42. The molecule has 0 fully saturated rings. The molecule has 0 saturated heterocycles. The quantitative estimate of drug-likeness (QED) is 0.881. The second kappa shape index (κ2) is 5.38. The highest BCUT2D eigenvalue weighted by molar-refractivity contribution is 6.34. The van der Waals surface area contributed by atoms with Gasteiger partial charge in [0.15, 0.2) is 0 Å². The molecular formula is C11H12Cl2O2. The van der Waals surface area contributed by atoms with Crippen molar-refractivity contribution >= 4 is 29.2 Å². The number of aliphatic carboxylic acids is 1. The number of halogens is 2. The fourth-order valence-corrected chi connectivity index (χ4v) is 1.99. The molecule has 2 nitrogen and oxygen atoms in total. The first kappa shape index (κ1) is 12.3. The van der Waals surface area contributed by atoms with Gasteiger partial charge in [-0.25, -0.2) is 0 Å². The Hall–Kier alpha value is -0.730. The van der Waals surface area contributed by atoms with Gasteiger partial charge in [-0.3, -0.25) is 4.79 Å². The van der Waals surface area contributed by atoms with Crippen LogP contribution in [0.2, 0.25) is 10.0 Å². The monoisotopic (exact) mass is 246 g/mol. The van der Waals surface area contributed by atoms with Gasteiger partial charge in [0.25, 0.3) is 0 Å². The summed E-state index contributed by atoms with van der Waals surface area (Å²) in [7, 11) is 0. The number of hydrogen-bond acceptors (Lipinski definition) is 1. The summed E-state index contributed by atoms with van der Waals surface area (Å²) in [6.45, 7) is 1.85. The zero-order chi connectivity index (χ0) is 11.4. The van der Waals surface area contributed by atoms with Crippen LogP contribution < -0.4 is 0 Å². The Balaban J connectivity index is 2.83. The number of hydrogen-bond donors (Lipinski definition) is 1. The number of benzene rings is 1. The molecule has 1 aromatic carbocycles. The predicted molar refractivity (Wildman–Crippen MR) is 61.6 cm³/mol. The molecule has 0 amide bonds. The average Bonchev–Trinajstić information content (AvgIpc) is 2.12. The Kier molecular flexibility index (Phi) is 4.43. The minimum atomic E-state index is -0.784. The summed E-state index contributed by atoms with van der Waals surface area (Å²) in [6, 6.07) is 5.13. The molecule has 82 valence electrons. The first-order valence-corrected chi connectivity index (χ1v) is 5.46. The second-order valence-electron chi connectivity index (χ2n) is 3.43. The summed E-state index contributed by atoms with van der Waals surface area (Å²) < 4.78 is 0. The number of carbonyl (C=O) groups is 1. The molecule has 1 N–H and O–H groups in total. The van der Waals surface area contributed by atoms with E-state index in [1.807, 2.05) is 6.92 Å². The number of carboxylic acid groups (broad SMARTS) is 1. The third kappa shape index (κ3) is 3.73. The van der Waals surface area contributed by atoms with E-state index >= 15 is 0 Å². The first-order chi connectivity index (χ1) is 7.02. The second-order valence-corrected chi connectivity index (χ2v) is 4.30. The zero-order valence-electron chi connectivity index (χ0n) is 8.34. The molecule has 0 aliphatic rings.